The largest absolute Gasteiger partial charge is 0.319 e. The Balaban J connectivity index is 2.21. The summed E-state index contributed by atoms with van der Waals surface area (Å²) in [5, 5.41) is 3.29. The number of carbonyl (C=O) groups excluding carboxylic acids is 1. The first-order valence-electron chi connectivity index (χ1n) is 6.87. The van der Waals surface area contributed by atoms with E-state index in [0.29, 0.717) is 0 Å². The van der Waals surface area contributed by atoms with E-state index in [2.05, 4.69) is 18.5 Å². The van der Waals surface area contributed by atoms with Gasteiger partial charge in [0.15, 0.2) is 0 Å². The van der Waals surface area contributed by atoms with Crippen LogP contribution in [-0.2, 0) is 4.79 Å². The van der Waals surface area contributed by atoms with Crippen molar-refractivity contribution in [2.24, 2.45) is 0 Å². The average Bonchev–Trinajstić information content (AvgIpc) is 2.73. The Morgan fingerprint density at radius 3 is 2.65 bits per heavy atom. The summed E-state index contributed by atoms with van der Waals surface area (Å²) in [6, 6.07) is 6.34. The molecule has 3 atom stereocenters. The van der Waals surface area contributed by atoms with E-state index >= 15 is 0 Å². The molecule has 5 heteroatoms. The standard InChI is InChI=1S/C15H21FN2OS/c1-10(8-9-20-3)18-14(17-11(2)15(18)19)12-4-6-13(16)7-5-12/h4-7,10-11,14,17H,8-9H2,1-3H3. The summed E-state index contributed by atoms with van der Waals surface area (Å²) in [5.41, 5.74) is 0.931. The average molecular weight is 296 g/mol. The number of benzene rings is 1. The molecular formula is C15H21FN2OS. The molecule has 0 aromatic heterocycles. The highest BCUT2D eigenvalue weighted by Gasteiger charge is 2.39. The smallest absolute Gasteiger partial charge is 0.241 e. The number of nitrogens with one attached hydrogen (secondary N) is 1. The zero-order chi connectivity index (χ0) is 14.7. The van der Waals surface area contributed by atoms with Crippen LogP contribution in [0.15, 0.2) is 24.3 Å². The van der Waals surface area contributed by atoms with Gasteiger partial charge in [0.05, 0.1) is 6.04 Å². The molecule has 1 saturated heterocycles. The quantitative estimate of drug-likeness (QED) is 0.907. The Hall–Kier alpha value is -1.07. The maximum atomic E-state index is 13.0. The third-order valence-electron chi connectivity index (χ3n) is 3.71. The van der Waals surface area contributed by atoms with Crippen LogP contribution in [0.4, 0.5) is 4.39 Å². The van der Waals surface area contributed by atoms with Gasteiger partial charge in [0, 0.05) is 6.04 Å². The number of hydrogen-bond acceptors (Lipinski definition) is 3. The molecule has 0 spiro atoms. The minimum atomic E-state index is -0.256. The minimum absolute atomic E-state index is 0.118. The maximum absolute atomic E-state index is 13.0. The number of hydrogen-bond donors (Lipinski definition) is 1. The van der Waals surface area contributed by atoms with Gasteiger partial charge in [0.25, 0.3) is 0 Å². The maximum Gasteiger partial charge on any atom is 0.241 e. The van der Waals surface area contributed by atoms with Gasteiger partial charge in [-0.3, -0.25) is 10.1 Å². The van der Waals surface area contributed by atoms with Crippen LogP contribution in [-0.4, -0.2) is 34.9 Å². The summed E-state index contributed by atoms with van der Waals surface area (Å²) in [7, 11) is 0. The fourth-order valence-electron chi connectivity index (χ4n) is 2.54. The minimum Gasteiger partial charge on any atom is -0.319 e. The Bertz CT molecular complexity index is 465. The number of carbonyl (C=O) groups is 1. The van der Waals surface area contributed by atoms with Crippen LogP contribution in [0.1, 0.15) is 32.0 Å². The fourth-order valence-corrected chi connectivity index (χ4v) is 3.12. The van der Waals surface area contributed by atoms with Crippen LogP contribution >= 0.6 is 11.8 Å². The molecule has 3 unspecified atom stereocenters. The molecule has 3 nitrogen and oxygen atoms in total. The molecule has 1 aromatic carbocycles. The Morgan fingerprint density at radius 1 is 1.40 bits per heavy atom. The fraction of sp³-hybridized carbons (Fsp3) is 0.533. The van der Waals surface area contributed by atoms with E-state index in [-0.39, 0.29) is 30.0 Å². The Labute approximate surface area is 123 Å². The zero-order valence-electron chi connectivity index (χ0n) is 12.1. The van der Waals surface area contributed by atoms with Gasteiger partial charge in [-0.15, -0.1) is 0 Å². The van der Waals surface area contributed by atoms with Crippen molar-refractivity contribution in [2.75, 3.05) is 12.0 Å². The molecule has 1 amide bonds. The normalized spacial score (nSPS) is 24.2. The summed E-state index contributed by atoms with van der Waals surface area (Å²) in [5.74, 6) is 0.885. The molecule has 0 saturated carbocycles. The lowest BCUT2D eigenvalue weighted by molar-refractivity contribution is -0.131. The van der Waals surface area contributed by atoms with Crippen molar-refractivity contribution in [3.05, 3.63) is 35.6 Å². The van der Waals surface area contributed by atoms with Crippen molar-refractivity contribution in [3.63, 3.8) is 0 Å². The number of nitrogens with zero attached hydrogens (tertiary/aromatic N) is 1. The molecule has 1 heterocycles. The molecule has 1 aliphatic rings. The summed E-state index contributed by atoms with van der Waals surface area (Å²) in [6.45, 7) is 3.95. The van der Waals surface area contributed by atoms with Crippen LogP contribution in [0.3, 0.4) is 0 Å². The molecule has 0 radical (unpaired) electrons. The summed E-state index contributed by atoms with van der Waals surface area (Å²) in [4.78, 5) is 14.2. The predicted molar refractivity (Wildman–Crippen MR) is 81.0 cm³/mol. The highest BCUT2D eigenvalue weighted by molar-refractivity contribution is 7.98. The molecule has 1 aromatic rings. The van der Waals surface area contributed by atoms with Gasteiger partial charge >= 0.3 is 0 Å². The summed E-state index contributed by atoms with van der Waals surface area (Å²) in [6.07, 6.45) is 2.87. The number of thioether (sulfide) groups is 1. The van der Waals surface area contributed by atoms with Crippen molar-refractivity contribution >= 4 is 17.7 Å². The first kappa shape index (κ1) is 15.3. The van der Waals surface area contributed by atoms with E-state index in [1.807, 2.05) is 11.8 Å². The Morgan fingerprint density at radius 2 is 2.05 bits per heavy atom. The predicted octanol–water partition coefficient (Wildman–Crippen LogP) is 2.79. The van der Waals surface area contributed by atoms with Gasteiger partial charge in [-0.05, 0) is 50.0 Å². The molecule has 1 N–H and O–H groups in total. The van der Waals surface area contributed by atoms with Crippen LogP contribution in [0.2, 0.25) is 0 Å². The SMILES string of the molecule is CSCCC(C)N1C(=O)C(C)NC1c1ccc(F)cc1. The van der Waals surface area contributed by atoms with E-state index in [4.69, 9.17) is 0 Å². The van der Waals surface area contributed by atoms with E-state index in [9.17, 15) is 9.18 Å². The van der Waals surface area contributed by atoms with Crippen molar-refractivity contribution in [3.8, 4) is 0 Å². The van der Waals surface area contributed by atoms with Gasteiger partial charge < -0.3 is 4.90 Å². The first-order valence-corrected chi connectivity index (χ1v) is 8.26. The van der Waals surface area contributed by atoms with Crippen molar-refractivity contribution in [1.29, 1.82) is 0 Å². The highest BCUT2D eigenvalue weighted by atomic mass is 32.2. The third kappa shape index (κ3) is 3.15. The summed E-state index contributed by atoms with van der Waals surface area (Å²) >= 11 is 1.78. The van der Waals surface area contributed by atoms with Crippen LogP contribution in [0, 0.1) is 5.82 Å². The van der Waals surface area contributed by atoms with E-state index in [0.717, 1.165) is 17.7 Å². The molecule has 20 heavy (non-hydrogen) atoms. The number of rotatable bonds is 5. The van der Waals surface area contributed by atoms with Crippen molar-refractivity contribution in [2.45, 2.75) is 38.5 Å². The van der Waals surface area contributed by atoms with Gasteiger partial charge in [-0.1, -0.05) is 12.1 Å². The van der Waals surface area contributed by atoms with E-state index in [1.165, 1.54) is 12.1 Å². The Kier molecular flexibility index (Phi) is 5.05. The second-order valence-electron chi connectivity index (χ2n) is 5.22. The summed E-state index contributed by atoms with van der Waals surface area (Å²) < 4.78 is 13.0. The first-order chi connectivity index (χ1) is 9.54. The third-order valence-corrected chi connectivity index (χ3v) is 4.36. The lowest BCUT2D eigenvalue weighted by Gasteiger charge is -2.30. The lowest BCUT2D eigenvalue weighted by Crippen LogP contribution is -2.38. The monoisotopic (exact) mass is 296 g/mol. The number of amides is 1. The van der Waals surface area contributed by atoms with Gasteiger partial charge in [-0.25, -0.2) is 4.39 Å². The molecule has 110 valence electrons. The highest BCUT2D eigenvalue weighted by Crippen LogP contribution is 2.29. The lowest BCUT2D eigenvalue weighted by atomic mass is 10.1. The zero-order valence-corrected chi connectivity index (χ0v) is 12.9. The number of halogens is 1. The molecule has 1 aliphatic heterocycles. The van der Waals surface area contributed by atoms with Gasteiger partial charge in [-0.2, -0.15) is 11.8 Å². The molecular weight excluding hydrogens is 275 g/mol. The van der Waals surface area contributed by atoms with Crippen molar-refractivity contribution in [1.82, 2.24) is 10.2 Å². The van der Waals surface area contributed by atoms with Gasteiger partial charge in [0.1, 0.15) is 12.0 Å². The second-order valence-corrected chi connectivity index (χ2v) is 6.20. The van der Waals surface area contributed by atoms with Gasteiger partial charge in [0.2, 0.25) is 5.91 Å². The van der Waals surface area contributed by atoms with E-state index < -0.39 is 0 Å². The molecule has 0 aliphatic carbocycles. The van der Waals surface area contributed by atoms with Crippen LogP contribution in [0.5, 0.6) is 0 Å². The van der Waals surface area contributed by atoms with Crippen molar-refractivity contribution < 1.29 is 9.18 Å². The topological polar surface area (TPSA) is 32.3 Å². The second kappa shape index (κ2) is 6.59. The molecule has 0 bridgehead atoms. The van der Waals surface area contributed by atoms with Crippen LogP contribution in [0.25, 0.3) is 0 Å². The van der Waals surface area contributed by atoms with Crippen LogP contribution < -0.4 is 5.32 Å². The van der Waals surface area contributed by atoms with E-state index in [1.54, 1.807) is 23.9 Å². The molecule has 2 rings (SSSR count). The molecule has 1 fully saturated rings.